The molecule has 0 aliphatic carbocycles. The minimum Gasteiger partial charge on any atom is -0.370 e. The van der Waals surface area contributed by atoms with Crippen LogP contribution in [0.1, 0.15) is 39.2 Å². The summed E-state index contributed by atoms with van der Waals surface area (Å²) in [7, 11) is 2.19. The third-order valence-electron chi connectivity index (χ3n) is 4.07. The molecule has 2 rings (SSSR count). The number of hydrogen-bond acceptors (Lipinski definition) is 5. The first-order chi connectivity index (χ1) is 10.2. The van der Waals surface area contributed by atoms with Gasteiger partial charge in [0.05, 0.1) is 0 Å². The van der Waals surface area contributed by atoms with Crippen molar-refractivity contribution in [3.8, 4) is 0 Å². The second-order valence-corrected chi connectivity index (χ2v) is 6.01. The van der Waals surface area contributed by atoms with Gasteiger partial charge in [-0.1, -0.05) is 20.3 Å². The maximum Gasteiger partial charge on any atom is 0.137 e. The molecule has 1 unspecified atom stereocenters. The maximum absolute atomic E-state index is 4.62. The molecule has 0 saturated carbocycles. The van der Waals surface area contributed by atoms with Crippen LogP contribution in [0, 0.1) is 0 Å². The average molecular weight is 291 g/mol. The number of aromatic nitrogens is 2. The summed E-state index contributed by atoms with van der Waals surface area (Å²) in [5, 5.41) is 3.46. The highest BCUT2D eigenvalue weighted by Crippen LogP contribution is 2.27. The molecular weight excluding hydrogens is 262 g/mol. The minimum atomic E-state index is 0.494. The smallest absolute Gasteiger partial charge is 0.137 e. The van der Waals surface area contributed by atoms with Crippen molar-refractivity contribution in [2.75, 3.05) is 43.4 Å². The molecule has 1 aliphatic rings. The quantitative estimate of drug-likeness (QED) is 0.872. The fourth-order valence-corrected chi connectivity index (χ4v) is 2.98. The monoisotopic (exact) mass is 291 g/mol. The van der Waals surface area contributed by atoms with Gasteiger partial charge < -0.3 is 15.1 Å². The lowest BCUT2D eigenvalue weighted by Crippen LogP contribution is -2.51. The van der Waals surface area contributed by atoms with Crippen LogP contribution in [0.3, 0.4) is 0 Å². The fourth-order valence-electron chi connectivity index (χ4n) is 2.98. The van der Waals surface area contributed by atoms with Crippen molar-refractivity contribution in [3.05, 3.63) is 11.9 Å². The van der Waals surface area contributed by atoms with Gasteiger partial charge in [0.2, 0.25) is 0 Å². The van der Waals surface area contributed by atoms with Crippen molar-refractivity contribution >= 4 is 11.6 Å². The van der Waals surface area contributed by atoms with E-state index in [1.54, 1.807) is 6.33 Å². The topological polar surface area (TPSA) is 44.3 Å². The van der Waals surface area contributed by atoms with Gasteiger partial charge in [-0.05, 0) is 26.8 Å². The Balaban J connectivity index is 2.28. The van der Waals surface area contributed by atoms with E-state index < -0.39 is 0 Å². The summed E-state index contributed by atoms with van der Waals surface area (Å²) in [5.41, 5.74) is 1.28. The summed E-state index contributed by atoms with van der Waals surface area (Å²) in [6.07, 6.45) is 4.96. The van der Waals surface area contributed by atoms with E-state index in [9.17, 15) is 0 Å². The molecule has 0 spiro atoms. The molecule has 0 bridgehead atoms. The van der Waals surface area contributed by atoms with Gasteiger partial charge in [-0.15, -0.1) is 0 Å². The third kappa shape index (κ3) is 3.84. The zero-order valence-corrected chi connectivity index (χ0v) is 13.9. The summed E-state index contributed by atoms with van der Waals surface area (Å²) in [4.78, 5) is 13.9. The van der Waals surface area contributed by atoms with Crippen molar-refractivity contribution in [2.24, 2.45) is 0 Å². The Hall–Kier alpha value is -1.36. The summed E-state index contributed by atoms with van der Waals surface area (Å²) in [6, 6.07) is 0.494. The maximum atomic E-state index is 4.62. The predicted octanol–water partition coefficient (Wildman–Crippen LogP) is 2.39. The van der Waals surface area contributed by atoms with E-state index in [2.05, 4.69) is 52.9 Å². The van der Waals surface area contributed by atoms with Crippen LogP contribution in [0.4, 0.5) is 11.6 Å². The van der Waals surface area contributed by atoms with Gasteiger partial charge in [-0.3, -0.25) is 0 Å². The van der Waals surface area contributed by atoms with Crippen LogP contribution in [-0.4, -0.2) is 54.1 Å². The number of piperazine rings is 1. The highest BCUT2D eigenvalue weighted by Gasteiger charge is 2.25. The van der Waals surface area contributed by atoms with Gasteiger partial charge in [-0.25, -0.2) is 9.97 Å². The molecule has 1 N–H and O–H groups in total. The number of nitrogens with zero attached hydrogens (tertiary/aromatic N) is 4. The molecule has 0 radical (unpaired) electrons. The van der Waals surface area contributed by atoms with Crippen LogP contribution in [0.2, 0.25) is 0 Å². The van der Waals surface area contributed by atoms with Gasteiger partial charge in [0.1, 0.15) is 18.0 Å². The largest absolute Gasteiger partial charge is 0.370 e. The Morgan fingerprint density at radius 3 is 2.71 bits per heavy atom. The van der Waals surface area contributed by atoms with Crippen LogP contribution >= 0.6 is 0 Å². The van der Waals surface area contributed by atoms with Crippen molar-refractivity contribution in [1.82, 2.24) is 14.9 Å². The molecule has 5 heteroatoms. The number of nitrogens with one attached hydrogen (secondary N) is 1. The summed E-state index contributed by atoms with van der Waals surface area (Å²) >= 11 is 0. The molecule has 2 heterocycles. The van der Waals surface area contributed by atoms with Crippen molar-refractivity contribution in [1.29, 1.82) is 0 Å². The summed E-state index contributed by atoms with van der Waals surface area (Å²) < 4.78 is 0. The lowest BCUT2D eigenvalue weighted by Gasteiger charge is -2.40. The van der Waals surface area contributed by atoms with Gasteiger partial charge in [-0.2, -0.15) is 0 Å². The molecule has 0 amide bonds. The molecule has 1 aromatic rings. The average Bonchev–Trinajstić information content (AvgIpc) is 2.47. The van der Waals surface area contributed by atoms with E-state index >= 15 is 0 Å². The van der Waals surface area contributed by atoms with E-state index in [4.69, 9.17) is 0 Å². The van der Waals surface area contributed by atoms with Crippen LogP contribution in [0.25, 0.3) is 0 Å². The molecule has 0 aromatic carbocycles. The van der Waals surface area contributed by atoms with Crippen molar-refractivity contribution in [2.45, 2.75) is 46.1 Å². The molecule has 1 aromatic heterocycles. The lowest BCUT2D eigenvalue weighted by atomic mass is 10.1. The van der Waals surface area contributed by atoms with Gasteiger partial charge in [0.15, 0.2) is 0 Å². The lowest BCUT2D eigenvalue weighted by molar-refractivity contribution is 0.274. The number of anilines is 2. The molecule has 5 nitrogen and oxygen atoms in total. The highest BCUT2D eigenvalue weighted by molar-refractivity contribution is 5.59. The van der Waals surface area contributed by atoms with Crippen molar-refractivity contribution < 1.29 is 0 Å². The molecule has 1 fully saturated rings. The van der Waals surface area contributed by atoms with E-state index in [1.165, 1.54) is 5.56 Å². The first kappa shape index (κ1) is 16.0. The summed E-state index contributed by atoms with van der Waals surface area (Å²) in [5.74, 6) is 2.15. The van der Waals surface area contributed by atoms with Crippen LogP contribution in [-0.2, 0) is 6.42 Å². The van der Waals surface area contributed by atoms with E-state index in [0.717, 1.165) is 57.1 Å². The highest BCUT2D eigenvalue weighted by atomic mass is 15.3. The first-order valence-electron chi connectivity index (χ1n) is 8.20. The van der Waals surface area contributed by atoms with E-state index in [-0.39, 0.29) is 0 Å². The summed E-state index contributed by atoms with van der Waals surface area (Å²) in [6.45, 7) is 10.9. The second-order valence-electron chi connectivity index (χ2n) is 6.01. The van der Waals surface area contributed by atoms with E-state index in [0.29, 0.717) is 6.04 Å². The number of rotatable bonds is 6. The molecule has 1 atom stereocenters. The zero-order valence-electron chi connectivity index (χ0n) is 13.9. The normalized spacial score (nSPS) is 19.8. The SMILES string of the molecule is CCCNc1ncnc(N2CCN(C)CC2C)c1CCC. The van der Waals surface area contributed by atoms with Crippen LogP contribution in [0.5, 0.6) is 0 Å². The van der Waals surface area contributed by atoms with Gasteiger partial charge >= 0.3 is 0 Å². The standard InChI is InChI=1S/C16H29N5/c1-5-7-14-15(17-8-6-2)18-12-19-16(14)21-10-9-20(4)11-13(21)3/h12-13H,5-11H2,1-4H3,(H,17,18,19). The number of hydrogen-bond donors (Lipinski definition) is 1. The molecule has 1 aliphatic heterocycles. The molecular formula is C16H29N5. The van der Waals surface area contributed by atoms with Gasteiger partial charge in [0.25, 0.3) is 0 Å². The fraction of sp³-hybridized carbons (Fsp3) is 0.750. The number of likely N-dealkylation sites (N-methyl/N-ethyl adjacent to an activating group) is 1. The van der Waals surface area contributed by atoms with Crippen molar-refractivity contribution in [3.63, 3.8) is 0 Å². The van der Waals surface area contributed by atoms with E-state index in [1.807, 2.05) is 0 Å². The van der Waals surface area contributed by atoms with Crippen LogP contribution in [0.15, 0.2) is 6.33 Å². The molecule has 1 saturated heterocycles. The first-order valence-corrected chi connectivity index (χ1v) is 8.20. The Kier molecular flexibility index (Phi) is 5.79. The Labute approximate surface area is 128 Å². The molecule has 118 valence electrons. The zero-order chi connectivity index (χ0) is 15.2. The third-order valence-corrected chi connectivity index (χ3v) is 4.07. The Morgan fingerprint density at radius 2 is 2.05 bits per heavy atom. The van der Waals surface area contributed by atoms with Gasteiger partial charge in [0, 0.05) is 37.8 Å². The van der Waals surface area contributed by atoms with Crippen LogP contribution < -0.4 is 10.2 Å². The second kappa shape index (κ2) is 7.59. The molecule has 21 heavy (non-hydrogen) atoms. The Morgan fingerprint density at radius 1 is 1.24 bits per heavy atom. The minimum absolute atomic E-state index is 0.494. The Bertz CT molecular complexity index is 448. The predicted molar refractivity (Wildman–Crippen MR) is 89.1 cm³/mol.